The average molecular weight is 266 g/mol. The number of hydrogen-bond donors (Lipinski definition) is 1. The number of nitrogens with zero attached hydrogens (tertiary/aromatic N) is 1. The second-order valence-corrected chi connectivity index (χ2v) is 5.98. The third kappa shape index (κ3) is 3.33. The van der Waals surface area contributed by atoms with Crippen molar-refractivity contribution in [2.45, 2.75) is 39.2 Å². The Kier molecular flexibility index (Phi) is 4.22. The Hall–Kier alpha value is -1.39. The summed E-state index contributed by atoms with van der Waals surface area (Å²) in [5.41, 5.74) is 0. The van der Waals surface area contributed by atoms with Crippen molar-refractivity contribution in [3.8, 4) is 0 Å². The van der Waals surface area contributed by atoms with Crippen LogP contribution in [0.2, 0.25) is 0 Å². The molecule has 5 nitrogen and oxygen atoms in total. The van der Waals surface area contributed by atoms with Crippen LogP contribution in [0.4, 0.5) is 0 Å². The van der Waals surface area contributed by atoms with Crippen LogP contribution in [0.5, 0.6) is 0 Å². The largest absolute Gasteiger partial charge is 0.347 e. The summed E-state index contributed by atoms with van der Waals surface area (Å²) in [6.45, 7) is 4.86. The standard InChI is InChI=1S/C14H22N2O3/c1-9(2)11-5-12(8-17)16(7-11)13(18)6-15-14(19)10-3-4-10/h8-12H,3-7H2,1-2H3,(H,15,19). The summed E-state index contributed by atoms with van der Waals surface area (Å²) in [6.07, 6.45) is 3.44. The molecule has 5 heteroatoms. The minimum Gasteiger partial charge on any atom is -0.347 e. The molecule has 1 saturated heterocycles. The highest BCUT2D eigenvalue weighted by Crippen LogP contribution is 2.29. The summed E-state index contributed by atoms with van der Waals surface area (Å²) in [7, 11) is 0. The molecule has 0 spiro atoms. The Balaban J connectivity index is 1.86. The summed E-state index contributed by atoms with van der Waals surface area (Å²) >= 11 is 0. The maximum absolute atomic E-state index is 12.1. The van der Waals surface area contributed by atoms with Gasteiger partial charge in [-0.1, -0.05) is 13.8 Å². The van der Waals surface area contributed by atoms with E-state index in [4.69, 9.17) is 0 Å². The van der Waals surface area contributed by atoms with Gasteiger partial charge in [0.15, 0.2) is 0 Å². The first-order valence-corrected chi connectivity index (χ1v) is 7.05. The predicted molar refractivity (Wildman–Crippen MR) is 70.2 cm³/mol. The van der Waals surface area contributed by atoms with Gasteiger partial charge in [-0.2, -0.15) is 0 Å². The van der Waals surface area contributed by atoms with E-state index >= 15 is 0 Å². The van der Waals surface area contributed by atoms with Crippen molar-refractivity contribution in [3.05, 3.63) is 0 Å². The van der Waals surface area contributed by atoms with E-state index in [1.54, 1.807) is 4.90 Å². The van der Waals surface area contributed by atoms with Crippen molar-refractivity contribution < 1.29 is 14.4 Å². The summed E-state index contributed by atoms with van der Waals surface area (Å²) < 4.78 is 0. The van der Waals surface area contributed by atoms with E-state index in [2.05, 4.69) is 19.2 Å². The number of nitrogens with one attached hydrogen (secondary N) is 1. The van der Waals surface area contributed by atoms with E-state index in [9.17, 15) is 14.4 Å². The molecule has 2 unspecified atom stereocenters. The summed E-state index contributed by atoms with van der Waals surface area (Å²) in [4.78, 5) is 36.3. The van der Waals surface area contributed by atoms with Gasteiger partial charge in [0.05, 0.1) is 12.6 Å². The van der Waals surface area contributed by atoms with Gasteiger partial charge >= 0.3 is 0 Å². The van der Waals surface area contributed by atoms with Crippen LogP contribution in [0.25, 0.3) is 0 Å². The van der Waals surface area contributed by atoms with Gasteiger partial charge in [0.1, 0.15) is 6.29 Å². The van der Waals surface area contributed by atoms with Gasteiger partial charge in [-0.05, 0) is 31.1 Å². The first-order valence-electron chi connectivity index (χ1n) is 7.05. The highest BCUT2D eigenvalue weighted by Gasteiger charge is 2.36. The SMILES string of the molecule is CC(C)C1CC(C=O)N(C(=O)CNC(=O)C2CC2)C1. The van der Waals surface area contributed by atoms with Crippen LogP contribution in [0.3, 0.4) is 0 Å². The molecule has 0 radical (unpaired) electrons. The minimum atomic E-state index is -0.322. The first kappa shape index (κ1) is 14.0. The van der Waals surface area contributed by atoms with Gasteiger partial charge in [-0.15, -0.1) is 0 Å². The molecule has 1 N–H and O–H groups in total. The molecular formula is C14H22N2O3. The smallest absolute Gasteiger partial charge is 0.242 e. The first-order chi connectivity index (χ1) is 9.02. The number of hydrogen-bond acceptors (Lipinski definition) is 3. The third-order valence-corrected chi connectivity index (χ3v) is 4.16. The summed E-state index contributed by atoms with van der Waals surface area (Å²) in [5.74, 6) is 0.765. The number of amides is 2. The van der Waals surface area contributed by atoms with E-state index in [0.29, 0.717) is 18.4 Å². The Labute approximate surface area is 113 Å². The van der Waals surface area contributed by atoms with E-state index in [0.717, 1.165) is 25.5 Å². The monoisotopic (exact) mass is 266 g/mol. The zero-order valence-corrected chi connectivity index (χ0v) is 11.6. The second kappa shape index (κ2) is 5.72. The minimum absolute atomic E-state index is 0.0183. The third-order valence-electron chi connectivity index (χ3n) is 4.16. The molecule has 1 aliphatic heterocycles. The number of likely N-dealkylation sites (tertiary alicyclic amines) is 1. The molecular weight excluding hydrogens is 244 g/mol. The average Bonchev–Trinajstić information content (AvgIpc) is 3.13. The fourth-order valence-electron chi connectivity index (χ4n) is 2.55. The molecule has 1 saturated carbocycles. The van der Waals surface area contributed by atoms with Crippen LogP contribution < -0.4 is 5.32 Å². The van der Waals surface area contributed by atoms with Crippen LogP contribution in [0.15, 0.2) is 0 Å². The molecule has 2 fully saturated rings. The highest BCUT2D eigenvalue weighted by molar-refractivity contribution is 5.88. The molecule has 1 heterocycles. The van der Waals surface area contributed by atoms with E-state index in [1.807, 2.05) is 0 Å². The normalized spacial score (nSPS) is 26.6. The lowest BCUT2D eigenvalue weighted by Crippen LogP contribution is -2.43. The molecule has 0 bridgehead atoms. The number of aldehydes is 1. The fourth-order valence-corrected chi connectivity index (χ4v) is 2.55. The summed E-state index contributed by atoms with van der Waals surface area (Å²) in [6, 6.07) is -0.322. The van der Waals surface area contributed by atoms with Crippen molar-refractivity contribution in [2.24, 2.45) is 17.8 Å². The Morgan fingerprint density at radius 1 is 1.37 bits per heavy atom. The zero-order chi connectivity index (χ0) is 14.0. The molecule has 19 heavy (non-hydrogen) atoms. The van der Waals surface area contributed by atoms with Crippen LogP contribution >= 0.6 is 0 Å². The Morgan fingerprint density at radius 3 is 2.58 bits per heavy atom. The fraction of sp³-hybridized carbons (Fsp3) is 0.786. The number of rotatable bonds is 5. The molecule has 0 aromatic carbocycles. The summed E-state index contributed by atoms with van der Waals surface area (Å²) in [5, 5.41) is 2.66. The van der Waals surface area contributed by atoms with Crippen molar-refractivity contribution >= 4 is 18.1 Å². The van der Waals surface area contributed by atoms with E-state index in [1.165, 1.54) is 0 Å². The lowest BCUT2D eigenvalue weighted by Gasteiger charge is -2.21. The van der Waals surface area contributed by atoms with Crippen LogP contribution in [-0.2, 0) is 14.4 Å². The second-order valence-electron chi connectivity index (χ2n) is 5.98. The van der Waals surface area contributed by atoms with E-state index < -0.39 is 0 Å². The molecule has 0 aromatic rings. The molecule has 2 rings (SSSR count). The molecule has 2 amide bonds. The van der Waals surface area contributed by atoms with Gasteiger partial charge in [0.2, 0.25) is 11.8 Å². The van der Waals surface area contributed by atoms with Gasteiger partial charge in [0, 0.05) is 12.5 Å². The van der Waals surface area contributed by atoms with E-state index in [-0.39, 0.29) is 30.3 Å². The lowest BCUT2D eigenvalue weighted by atomic mass is 9.94. The molecule has 1 aliphatic carbocycles. The number of carbonyl (C=O) groups is 3. The topological polar surface area (TPSA) is 66.5 Å². The van der Waals surface area contributed by atoms with Gasteiger partial charge < -0.3 is 15.0 Å². The van der Waals surface area contributed by atoms with Crippen molar-refractivity contribution in [1.82, 2.24) is 10.2 Å². The van der Waals surface area contributed by atoms with Crippen molar-refractivity contribution in [1.29, 1.82) is 0 Å². The van der Waals surface area contributed by atoms with Gasteiger partial charge in [-0.25, -0.2) is 0 Å². The molecule has 2 aliphatic rings. The highest BCUT2D eigenvalue weighted by atomic mass is 16.2. The predicted octanol–water partition coefficient (Wildman–Crippen LogP) is 0.585. The lowest BCUT2D eigenvalue weighted by molar-refractivity contribution is -0.135. The Bertz CT molecular complexity index is 377. The van der Waals surface area contributed by atoms with Gasteiger partial charge in [-0.3, -0.25) is 9.59 Å². The molecule has 106 valence electrons. The van der Waals surface area contributed by atoms with Crippen LogP contribution in [-0.4, -0.2) is 42.1 Å². The molecule has 0 aromatic heterocycles. The Morgan fingerprint density at radius 2 is 2.05 bits per heavy atom. The quantitative estimate of drug-likeness (QED) is 0.740. The van der Waals surface area contributed by atoms with Crippen molar-refractivity contribution in [2.75, 3.05) is 13.1 Å². The van der Waals surface area contributed by atoms with Crippen LogP contribution in [0, 0.1) is 17.8 Å². The maximum atomic E-state index is 12.1. The van der Waals surface area contributed by atoms with Crippen molar-refractivity contribution in [3.63, 3.8) is 0 Å². The van der Waals surface area contributed by atoms with Crippen LogP contribution in [0.1, 0.15) is 33.1 Å². The zero-order valence-electron chi connectivity index (χ0n) is 11.6. The maximum Gasteiger partial charge on any atom is 0.242 e. The van der Waals surface area contributed by atoms with Gasteiger partial charge in [0.25, 0.3) is 0 Å². The molecule has 2 atom stereocenters. The number of carbonyl (C=O) groups excluding carboxylic acids is 3.